The minimum absolute atomic E-state index is 0.0259. The first-order chi connectivity index (χ1) is 8.79. The minimum atomic E-state index is -0.788. The summed E-state index contributed by atoms with van der Waals surface area (Å²) in [6, 6.07) is 0. The molecule has 1 fully saturated rings. The van der Waals surface area contributed by atoms with Gasteiger partial charge in [-0.25, -0.2) is 0 Å². The van der Waals surface area contributed by atoms with Crippen LogP contribution in [0.15, 0.2) is 0 Å². The summed E-state index contributed by atoms with van der Waals surface area (Å²) in [7, 11) is 0. The summed E-state index contributed by atoms with van der Waals surface area (Å²) in [5.41, 5.74) is -1.49. The first kappa shape index (κ1) is 16.3. The van der Waals surface area contributed by atoms with Gasteiger partial charge in [0.15, 0.2) is 0 Å². The highest BCUT2D eigenvalue weighted by Crippen LogP contribution is 2.29. The molecule has 0 aromatic carbocycles. The van der Waals surface area contributed by atoms with E-state index < -0.39 is 11.1 Å². The number of rotatable bonds is 6. The number of hydrogen-bond donors (Lipinski definition) is 1. The Morgan fingerprint density at radius 3 is 2.37 bits per heavy atom. The van der Waals surface area contributed by atoms with Gasteiger partial charge in [0.25, 0.3) is 0 Å². The van der Waals surface area contributed by atoms with Crippen molar-refractivity contribution in [2.24, 2.45) is 0 Å². The van der Waals surface area contributed by atoms with Gasteiger partial charge < -0.3 is 10.2 Å². The molecular formula is C14H26N2O2S. The van der Waals surface area contributed by atoms with Crippen LogP contribution in [0.3, 0.4) is 0 Å². The summed E-state index contributed by atoms with van der Waals surface area (Å²) < 4.78 is 0. The van der Waals surface area contributed by atoms with Crippen LogP contribution >= 0.6 is 11.8 Å². The van der Waals surface area contributed by atoms with Crippen LogP contribution in [-0.4, -0.2) is 45.8 Å². The van der Waals surface area contributed by atoms with Crippen molar-refractivity contribution >= 4 is 23.6 Å². The summed E-state index contributed by atoms with van der Waals surface area (Å²) in [5, 5.41) is 2.84. The van der Waals surface area contributed by atoms with Crippen molar-refractivity contribution in [3.63, 3.8) is 0 Å². The summed E-state index contributed by atoms with van der Waals surface area (Å²) in [4.78, 5) is 26.6. The van der Waals surface area contributed by atoms with Gasteiger partial charge >= 0.3 is 0 Å². The molecule has 0 spiro atoms. The Bertz CT molecular complexity index is 357. The number of amides is 2. The van der Waals surface area contributed by atoms with Crippen LogP contribution in [0.25, 0.3) is 0 Å². The van der Waals surface area contributed by atoms with E-state index in [0.29, 0.717) is 13.0 Å². The largest absolute Gasteiger partial charge is 0.340 e. The second-order valence-corrected chi connectivity index (χ2v) is 7.11. The lowest BCUT2D eigenvalue weighted by Gasteiger charge is -2.49. The van der Waals surface area contributed by atoms with Crippen LogP contribution in [0.1, 0.15) is 47.5 Å². The molecule has 0 aromatic heterocycles. The van der Waals surface area contributed by atoms with Crippen molar-refractivity contribution in [2.75, 3.05) is 18.1 Å². The molecular weight excluding hydrogens is 260 g/mol. The third-order valence-corrected chi connectivity index (χ3v) is 4.84. The Labute approximate surface area is 120 Å². The van der Waals surface area contributed by atoms with Gasteiger partial charge in [0, 0.05) is 6.54 Å². The zero-order valence-corrected chi connectivity index (χ0v) is 13.5. The molecule has 1 aliphatic rings. The molecule has 0 bridgehead atoms. The van der Waals surface area contributed by atoms with Gasteiger partial charge in [-0.1, -0.05) is 13.8 Å². The first-order valence-corrected chi connectivity index (χ1v) is 8.17. The van der Waals surface area contributed by atoms with E-state index in [0.717, 1.165) is 17.9 Å². The first-order valence-electron chi connectivity index (χ1n) is 7.02. The Hall–Kier alpha value is -0.710. The Morgan fingerprint density at radius 1 is 1.21 bits per heavy atom. The summed E-state index contributed by atoms with van der Waals surface area (Å²) in [6.45, 7) is 10.2. The molecule has 1 heterocycles. The van der Waals surface area contributed by atoms with E-state index in [-0.39, 0.29) is 11.8 Å². The van der Waals surface area contributed by atoms with Crippen molar-refractivity contribution in [2.45, 2.75) is 58.5 Å². The predicted octanol–water partition coefficient (Wildman–Crippen LogP) is 2.04. The Morgan fingerprint density at radius 2 is 1.84 bits per heavy atom. The van der Waals surface area contributed by atoms with Crippen LogP contribution in [-0.2, 0) is 9.59 Å². The second-order valence-electron chi connectivity index (χ2n) is 5.71. The molecule has 1 N–H and O–H groups in total. The van der Waals surface area contributed by atoms with E-state index >= 15 is 0 Å². The van der Waals surface area contributed by atoms with Gasteiger partial charge in [-0.2, -0.15) is 11.8 Å². The molecule has 0 saturated carbocycles. The number of thioether (sulfide) groups is 1. The maximum atomic E-state index is 12.5. The van der Waals surface area contributed by atoms with Crippen molar-refractivity contribution in [3.8, 4) is 0 Å². The topological polar surface area (TPSA) is 49.4 Å². The molecule has 0 radical (unpaired) electrons. The average molecular weight is 286 g/mol. The van der Waals surface area contributed by atoms with Gasteiger partial charge in [-0.3, -0.25) is 9.59 Å². The fraction of sp³-hybridized carbons (Fsp3) is 0.857. The molecule has 110 valence electrons. The smallest absolute Gasteiger partial charge is 0.248 e. The van der Waals surface area contributed by atoms with E-state index in [2.05, 4.69) is 12.2 Å². The lowest BCUT2D eigenvalue weighted by atomic mass is 9.86. The minimum Gasteiger partial charge on any atom is -0.340 e. The fourth-order valence-electron chi connectivity index (χ4n) is 2.32. The molecule has 1 rings (SSSR count). The van der Waals surface area contributed by atoms with Crippen LogP contribution in [0.4, 0.5) is 0 Å². The van der Waals surface area contributed by atoms with Gasteiger partial charge in [-0.15, -0.1) is 0 Å². The average Bonchev–Trinajstić information content (AvgIpc) is 2.35. The molecule has 19 heavy (non-hydrogen) atoms. The van der Waals surface area contributed by atoms with Crippen LogP contribution in [0, 0.1) is 0 Å². The van der Waals surface area contributed by atoms with Crippen molar-refractivity contribution in [1.29, 1.82) is 0 Å². The third kappa shape index (κ3) is 3.25. The Balaban J connectivity index is 2.85. The van der Waals surface area contributed by atoms with E-state index in [9.17, 15) is 9.59 Å². The third-order valence-electron chi connectivity index (χ3n) is 3.85. The summed E-state index contributed by atoms with van der Waals surface area (Å²) in [6.07, 6.45) is 1.57. The number of piperazine rings is 1. The molecule has 1 unspecified atom stereocenters. The van der Waals surface area contributed by atoms with E-state index in [1.807, 2.05) is 25.6 Å². The van der Waals surface area contributed by atoms with Crippen molar-refractivity contribution in [3.05, 3.63) is 0 Å². The zero-order chi connectivity index (χ0) is 14.7. The van der Waals surface area contributed by atoms with Crippen LogP contribution < -0.4 is 5.32 Å². The normalized spacial score (nSPS) is 26.5. The number of nitrogens with one attached hydrogen (secondary N) is 1. The molecule has 0 aromatic rings. The van der Waals surface area contributed by atoms with Crippen molar-refractivity contribution in [1.82, 2.24) is 10.2 Å². The fourth-order valence-corrected chi connectivity index (χ4v) is 2.95. The quantitative estimate of drug-likeness (QED) is 0.760. The Kier molecular flexibility index (Phi) is 5.30. The van der Waals surface area contributed by atoms with E-state index in [1.54, 1.807) is 18.7 Å². The lowest BCUT2D eigenvalue weighted by molar-refractivity contribution is -0.160. The lowest BCUT2D eigenvalue weighted by Crippen LogP contribution is -2.73. The van der Waals surface area contributed by atoms with Gasteiger partial charge in [-0.05, 0) is 45.1 Å². The van der Waals surface area contributed by atoms with Crippen LogP contribution in [0.5, 0.6) is 0 Å². The SMILES string of the molecule is CCSCCCN1C(=O)C(C)(C)NC(=O)C1(C)CC. The molecule has 4 nitrogen and oxygen atoms in total. The second kappa shape index (κ2) is 6.16. The number of carbonyl (C=O) groups excluding carboxylic acids is 2. The van der Waals surface area contributed by atoms with E-state index in [1.165, 1.54) is 0 Å². The molecule has 1 aliphatic heterocycles. The van der Waals surface area contributed by atoms with Gasteiger partial charge in [0.1, 0.15) is 11.1 Å². The maximum Gasteiger partial charge on any atom is 0.248 e. The number of nitrogens with zero attached hydrogens (tertiary/aromatic N) is 1. The molecule has 2 amide bonds. The van der Waals surface area contributed by atoms with Crippen LogP contribution in [0.2, 0.25) is 0 Å². The predicted molar refractivity (Wildman–Crippen MR) is 80.2 cm³/mol. The highest BCUT2D eigenvalue weighted by atomic mass is 32.2. The van der Waals surface area contributed by atoms with Gasteiger partial charge in [0.05, 0.1) is 0 Å². The maximum absolute atomic E-state index is 12.5. The highest BCUT2D eigenvalue weighted by Gasteiger charge is 2.51. The summed E-state index contributed by atoms with van der Waals surface area (Å²) >= 11 is 1.87. The molecule has 0 aliphatic carbocycles. The van der Waals surface area contributed by atoms with E-state index in [4.69, 9.17) is 0 Å². The number of carbonyl (C=O) groups is 2. The molecule has 5 heteroatoms. The monoisotopic (exact) mass is 286 g/mol. The standard InChI is InChI=1S/C14H26N2O2S/c1-6-14(5)11(17)15-13(3,4)12(18)16(14)9-8-10-19-7-2/h6-10H2,1-5H3,(H,15,17). The highest BCUT2D eigenvalue weighted by molar-refractivity contribution is 7.99. The zero-order valence-electron chi connectivity index (χ0n) is 12.7. The summed E-state index contributed by atoms with van der Waals surface area (Å²) in [5.74, 6) is 2.10. The van der Waals surface area contributed by atoms with Gasteiger partial charge in [0.2, 0.25) is 11.8 Å². The molecule has 1 saturated heterocycles. The van der Waals surface area contributed by atoms with Crippen molar-refractivity contribution < 1.29 is 9.59 Å². The molecule has 1 atom stereocenters. The number of hydrogen-bond acceptors (Lipinski definition) is 3.